The summed E-state index contributed by atoms with van der Waals surface area (Å²) in [6, 6.07) is 8.32. The summed E-state index contributed by atoms with van der Waals surface area (Å²) in [5.74, 6) is 0. The Bertz CT molecular complexity index is 495. The van der Waals surface area contributed by atoms with Gasteiger partial charge in [0.2, 0.25) is 0 Å². The lowest BCUT2D eigenvalue weighted by Gasteiger charge is -2.07. The molecule has 0 radical (unpaired) electrons. The van der Waals surface area contributed by atoms with E-state index in [1.807, 2.05) is 10.7 Å². The summed E-state index contributed by atoms with van der Waals surface area (Å²) in [6.07, 6.45) is 0. The molecule has 0 spiro atoms. The van der Waals surface area contributed by atoms with Gasteiger partial charge < -0.3 is 0 Å². The van der Waals surface area contributed by atoms with Crippen molar-refractivity contribution in [3.05, 3.63) is 46.8 Å². The smallest absolute Gasteiger partial charge is 0.0678 e. The van der Waals surface area contributed by atoms with E-state index in [0.717, 1.165) is 5.69 Å². The minimum atomic E-state index is 1.11. The van der Waals surface area contributed by atoms with E-state index >= 15 is 0 Å². The molecule has 1 aromatic carbocycles. The quantitative estimate of drug-likeness (QED) is 0.691. The van der Waals surface area contributed by atoms with Crippen LogP contribution in [0.2, 0.25) is 0 Å². The number of benzene rings is 1. The van der Waals surface area contributed by atoms with Crippen molar-refractivity contribution >= 4 is 0 Å². The second-order valence-electron chi connectivity index (χ2n) is 3.99. The Morgan fingerprint density at radius 1 is 1.00 bits per heavy atom. The standard InChI is InChI=1S/C13H16N2/c1-9-7-5-6-8-13(9)15-12(4)10(2)11(3)14-15/h5-8H,1-4H3. The number of para-hydroxylation sites is 1. The van der Waals surface area contributed by atoms with Gasteiger partial charge in [-0.3, -0.25) is 0 Å². The lowest BCUT2D eigenvalue weighted by atomic mass is 10.2. The molecule has 0 atom stereocenters. The molecule has 0 N–H and O–H groups in total. The molecule has 2 nitrogen and oxygen atoms in total. The van der Waals surface area contributed by atoms with Crippen molar-refractivity contribution in [1.29, 1.82) is 0 Å². The fourth-order valence-electron chi connectivity index (χ4n) is 1.76. The highest BCUT2D eigenvalue weighted by atomic mass is 15.3. The molecule has 2 aromatic rings. The first-order valence-electron chi connectivity index (χ1n) is 5.20. The number of aryl methyl sites for hydroxylation is 2. The van der Waals surface area contributed by atoms with Crippen LogP contribution in [0.5, 0.6) is 0 Å². The fraction of sp³-hybridized carbons (Fsp3) is 0.308. The zero-order valence-electron chi connectivity index (χ0n) is 9.70. The summed E-state index contributed by atoms with van der Waals surface area (Å²) in [6.45, 7) is 8.40. The van der Waals surface area contributed by atoms with Crippen LogP contribution in [0.4, 0.5) is 0 Å². The summed E-state index contributed by atoms with van der Waals surface area (Å²) in [7, 11) is 0. The molecule has 0 bridgehead atoms. The first kappa shape index (κ1) is 9.97. The fourth-order valence-corrected chi connectivity index (χ4v) is 1.76. The van der Waals surface area contributed by atoms with Crippen molar-refractivity contribution < 1.29 is 0 Å². The second kappa shape index (κ2) is 3.54. The van der Waals surface area contributed by atoms with E-state index < -0.39 is 0 Å². The summed E-state index contributed by atoms with van der Waals surface area (Å²) in [4.78, 5) is 0. The minimum absolute atomic E-state index is 1.11. The highest BCUT2D eigenvalue weighted by Crippen LogP contribution is 2.19. The van der Waals surface area contributed by atoms with Gasteiger partial charge in [-0.1, -0.05) is 18.2 Å². The number of aromatic nitrogens is 2. The Kier molecular flexibility index (Phi) is 2.35. The Morgan fingerprint density at radius 3 is 2.20 bits per heavy atom. The van der Waals surface area contributed by atoms with Gasteiger partial charge in [0.05, 0.1) is 11.4 Å². The van der Waals surface area contributed by atoms with Crippen LogP contribution < -0.4 is 0 Å². The van der Waals surface area contributed by atoms with E-state index in [2.05, 4.69) is 51.0 Å². The molecular formula is C13H16N2. The number of hydrogen-bond donors (Lipinski definition) is 0. The van der Waals surface area contributed by atoms with Gasteiger partial charge in [-0.2, -0.15) is 5.10 Å². The van der Waals surface area contributed by atoms with E-state index in [4.69, 9.17) is 0 Å². The summed E-state index contributed by atoms with van der Waals surface area (Å²) < 4.78 is 2.03. The largest absolute Gasteiger partial charge is 0.237 e. The lowest BCUT2D eigenvalue weighted by Crippen LogP contribution is -2.01. The van der Waals surface area contributed by atoms with Crippen LogP contribution >= 0.6 is 0 Å². The van der Waals surface area contributed by atoms with Crippen LogP contribution in [0.1, 0.15) is 22.5 Å². The predicted molar refractivity (Wildman–Crippen MR) is 62.5 cm³/mol. The van der Waals surface area contributed by atoms with Crippen LogP contribution in [0.15, 0.2) is 24.3 Å². The van der Waals surface area contributed by atoms with Gasteiger partial charge in [0.1, 0.15) is 0 Å². The summed E-state index contributed by atoms with van der Waals surface area (Å²) in [5.41, 5.74) is 6.03. The van der Waals surface area contributed by atoms with Crippen molar-refractivity contribution in [3.8, 4) is 5.69 Å². The van der Waals surface area contributed by atoms with Gasteiger partial charge >= 0.3 is 0 Å². The third-order valence-corrected chi connectivity index (χ3v) is 3.00. The van der Waals surface area contributed by atoms with Gasteiger partial charge in [0, 0.05) is 5.69 Å². The molecule has 0 aliphatic rings. The van der Waals surface area contributed by atoms with E-state index in [1.54, 1.807) is 0 Å². The molecule has 2 rings (SSSR count). The number of nitrogens with zero attached hydrogens (tertiary/aromatic N) is 2. The van der Waals surface area contributed by atoms with Crippen LogP contribution in [0, 0.1) is 27.7 Å². The molecule has 0 saturated heterocycles. The third kappa shape index (κ3) is 1.56. The van der Waals surface area contributed by atoms with Crippen molar-refractivity contribution in [2.45, 2.75) is 27.7 Å². The molecule has 15 heavy (non-hydrogen) atoms. The van der Waals surface area contributed by atoms with Gasteiger partial charge in [0.25, 0.3) is 0 Å². The van der Waals surface area contributed by atoms with Crippen LogP contribution in [-0.4, -0.2) is 9.78 Å². The van der Waals surface area contributed by atoms with Crippen molar-refractivity contribution in [3.63, 3.8) is 0 Å². The Labute approximate surface area is 90.6 Å². The van der Waals surface area contributed by atoms with Crippen molar-refractivity contribution in [1.82, 2.24) is 9.78 Å². The molecule has 0 saturated carbocycles. The Hall–Kier alpha value is -1.57. The third-order valence-electron chi connectivity index (χ3n) is 3.00. The zero-order valence-corrected chi connectivity index (χ0v) is 9.70. The zero-order chi connectivity index (χ0) is 11.0. The van der Waals surface area contributed by atoms with Crippen LogP contribution in [0.3, 0.4) is 0 Å². The SMILES string of the molecule is Cc1ccccc1-n1nc(C)c(C)c1C. The Morgan fingerprint density at radius 2 is 1.67 bits per heavy atom. The highest BCUT2D eigenvalue weighted by Gasteiger charge is 2.09. The normalized spacial score (nSPS) is 10.7. The van der Waals surface area contributed by atoms with E-state index in [-0.39, 0.29) is 0 Å². The molecule has 0 fully saturated rings. The van der Waals surface area contributed by atoms with Crippen molar-refractivity contribution in [2.75, 3.05) is 0 Å². The van der Waals surface area contributed by atoms with Crippen molar-refractivity contribution in [2.24, 2.45) is 0 Å². The minimum Gasteiger partial charge on any atom is -0.237 e. The first-order chi connectivity index (χ1) is 7.11. The van der Waals surface area contributed by atoms with E-state index in [1.165, 1.54) is 22.5 Å². The number of hydrogen-bond acceptors (Lipinski definition) is 1. The predicted octanol–water partition coefficient (Wildman–Crippen LogP) is 3.11. The van der Waals surface area contributed by atoms with E-state index in [9.17, 15) is 0 Å². The monoisotopic (exact) mass is 200 g/mol. The van der Waals surface area contributed by atoms with Gasteiger partial charge in [-0.15, -0.1) is 0 Å². The maximum Gasteiger partial charge on any atom is 0.0678 e. The average molecular weight is 200 g/mol. The Balaban J connectivity index is 2.65. The molecule has 0 unspecified atom stereocenters. The molecule has 0 amide bonds. The maximum absolute atomic E-state index is 4.56. The molecule has 2 heteroatoms. The van der Waals surface area contributed by atoms with Gasteiger partial charge in [0.15, 0.2) is 0 Å². The molecule has 1 heterocycles. The summed E-state index contributed by atoms with van der Waals surface area (Å²) >= 11 is 0. The average Bonchev–Trinajstić information content (AvgIpc) is 2.47. The second-order valence-corrected chi connectivity index (χ2v) is 3.99. The van der Waals surface area contributed by atoms with Gasteiger partial charge in [-0.05, 0) is 44.9 Å². The molecule has 0 aliphatic heterocycles. The topological polar surface area (TPSA) is 17.8 Å². The maximum atomic E-state index is 4.56. The lowest BCUT2D eigenvalue weighted by molar-refractivity contribution is 0.827. The molecular weight excluding hydrogens is 184 g/mol. The summed E-state index contributed by atoms with van der Waals surface area (Å²) in [5, 5.41) is 4.56. The molecule has 1 aromatic heterocycles. The van der Waals surface area contributed by atoms with Crippen LogP contribution in [-0.2, 0) is 0 Å². The first-order valence-corrected chi connectivity index (χ1v) is 5.20. The highest BCUT2D eigenvalue weighted by molar-refractivity contribution is 5.42. The van der Waals surface area contributed by atoms with Gasteiger partial charge in [-0.25, -0.2) is 4.68 Å². The molecule has 0 aliphatic carbocycles. The molecule has 78 valence electrons. The van der Waals surface area contributed by atoms with Crippen LogP contribution in [0.25, 0.3) is 5.69 Å². The van der Waals surface area contributed by atoms with E-state index in [0.29, 0.717) is 0 Å². The number of rotatable bonds is 1.